The first-order valence-electron chi connectivity index (χ1n) is 16.2. The van der Waals surface area contributed by atoms with Crippen molar-refractivity contribution in [2.45, 2.75) is 19.3 Å². The van der Waals surface area contributed by atoms with Gasteiger partial charge in [0.25, 0.3) is 0 Å². The van der Waals surface area contributed by atoms with Crippen LogP contribution < -0.4 is 33.4 Å². The normalized spacial score (nSPS) is 13.7. The maximum Gasteiger partial charge on any atom is 0.330 e. The molecule has 6 aromatic rings. The third-order valence-corrected chi connectivity index (χ3v) is 11.4. The van der Waals surface area contributed by atoms with Gasteiger partial charge in [0, 0.05) is 16.5 Å². The van der Waals surface area contributed by atoms with Gasteiger partial charge in [-0.1, -0.05) is 124 Å². The van der Waals surface area contributed by atoms with E-state index in [4.69, 9.17) is 22.8 Å². The lowest BCUT2D eigenvalue weighted by molar-refractivity contribution is 0.420. The van der Waals surface area contributed by atoms with Gasteiger partial charge in [-0.15, -0.1) is 0 Å². The van der Waals surface area contributed by atoms with E-state index < -0.39 is 22.2 Å². The third kappa shape index (κ3) is 7.03. The van der Waals surface area contributed by atoms with Crippen molar-refractivity contribution in [1.29, 1.82) is 0 Å². The zero-order chi connectivity index (χ0) is 34.5. The summed E-state index contributed by atoms with van der Waals surface area (Å²) in [5, 5.41) is 1.63. The van der Waals surface area contributed by atoms with Gasteiger partial charge in [-0.2, -0.15) is 0 Å². The molecule has 7 rings (SSSR count). The van der Waals surface area contributed by atoms with Gasteiger partial charge in [-0.05, 0) is 71.8 Å². The fraction of sp³-hybridized carbons (Fsp3) is 0.0698. The number of hydrogen-bond acceptors (Lipinski definition) is 5. The smallest absolute Gasteiger partial charge is 0.330 e. The second-order valence-electron chi connectivity index (χ2n) is 12.1. The summed E-state index contributed by atoms with van der Waals surface area (Å²) in [6.45, 7) is 12.2. The highest BCUT2D eigenvalue weighted by Gasteiger charge is 2.40. The minimum absolute atomic E-state index is 0.437. The van der Waals surface area contributed by atoms with Crippen molar-refractivity contribution in [3.8, 4) is 34.5 Å². The molecule has 2 unspecified atom stereocenters. The van der Waals surface area contributed by atoms with Crippen molar-refractivity contribution in [3.63, 3.8) is 0 Å². The van der Waals surface area contributed by atoms with Crippen LogP contribution in [-0.2, 0) is 5.41 Å². The second-order valence-corrected chi connectivity index (χ2v) is 14.8. The van der Waals surface area contributed by atoms with Crippen molar-refractivity contribution >= 4 is 39.5 Å². The summed E-state index contributed by atoms with van der Waals surface area (Å²) in [7, 11) is -3.39. The molecule has 0 spiro atoms. The van der Waals surface area contributed by atoms with Crippen LogP contribution in [-0.4, -0.2) is 0 Å². The Kier molecular flexibility index (Phi) is 9.72. The van der Waals surface area contributed by atoms with Crippen molar-refractivity contribution in [1.82, 2.24) is 0 Å². The topological polar surface area (TPSA) is 46.2 Å². The molecule has 0 amide bonds. The molecule has 0 radical (unpaired) electrons. The molecular formula is C43H36O5P2. The highest BCUT2D eigenvalue weighted by atomic mass is 31.2. The molecule has 0 fully saturated rings. The fourth-order valence-corrected chi connectivity index (χ4v) is 8.49. The average Bonchev–Trinajstić information content (AvgIpc) is 3.15. The molecule has 0 bridgehead atoms. The molecule has 0 aromatic heterocycles. The van der Waals surface area contributed by atoms with Gasteiger partial charge >= 0.3 is 16.8 Å². The van der Waals surface area contributed by atoms with E-state index in [0.29, 0.717) is 34.5 Å². The van der Waals surface area contributed by atoms with Crippen LogP contribution >= 0.6 is 16.8 Å². The summed E-state index contributed by atoms with van der Waals surface area (Å²) in [5.41, 5.74) is 3.63. The van der Waals surface area contributed by atoms with Gasteiger partial charge in [-0.3, -0.25) is 0 Å². The molecule has 7 heteroatoms. The summed E-state index contributed by atoms with van der Waals surface area (Å²) in [5.74, 6) is 4.17. The zero-order valence-corrected chi connectivity index (χ0v) is 29.6. The largest absolute Gasteiger partial charge is 0.455 e. The highest BCUT2D eigenvalue weighted by molar-refractivity contribution is 7.57. The van der Waals surface area contributed by atoms with Gasteiger partial charge in [0.2, 0.25) is 0 Å². The Balaban J connectivity index is 1.32. The van der Waals surface area contributed by atoms with Crippen LogP contribution in [0.5, 0.6) is 34.5 Å². The summed E-state index contributed by atoms with van der Waals surface area (Å²) >= 11 is 0. The van der Waals surface area contributed by atoms with Gasteiger partial charge in [0.15, 0.2) is 0 Å². The second kappa shape index (κ2) is 14.6. The average molecular weight is 695 g/mol. The Hall–Kier alpha value is -5.34. The number of benzene rings is 6. The number of fused-ring (bicyclic) bond motifs is 2. The number of hydrogen-bond donors (Lipinski definition) is 0. The first kappa shape index (κ1) is 33.2. The summed E-state index contributed by atoms with van der Waals surface area (Å²) < 4.78 is 33.6. The highest BCUT2D eigenvalue weighted by Crippen LogP contribution is 2.53. The predicted octanol–water partition coefficient (Wildman–Crippen LogP) is 11.6. The Morgan fingerprint density at radius 1 is 0.460 bits per heavy atom. The van der Waals surface area contributed by atoms with E-state index in [1.807, 2.05) is 146 Å². The van der Waals surface area contributed by atoms with E-state index in [2.05, 4.69) is 39.1 Å². The fourth-order valence-electron chi connectivity index (χ4n) is 5.69. The third-order valence-electron chi connectivity index (χ3n) is 8.40. The molecule has 1 heterocycles. The van der Waals surface area contributed by atoms with E-state index in [1.165, 1.54) is 0 Å². The van der Waals surface area contributed by atoms with E-state index in [0.717, 1.165) is 32.9 Å². The lowest BCUT2D eigenvalue weighted by Gasteiger charge is -2.37. The minimum Gasteiger partial charge on any atom is -0.455 e. The molecule has 50 heavy (non-hydrogen) atoms. The van der Waals surface area contributed by atoms with E-state index in [1.54, 1.807) is 0 Å². The molecule has 1 aliphatic heterocycles. The van der Waals surface area contributed by atoms with Crippen molar-refractivity contribution in [2.75, 3.05) is 0 Å². The van der Waals surface area contributed by atoms with Crippen LogP contribution in [0.15, 0.2) is 159 Å². The molecular weight excluding hydrogens is 658 g/mol. The number of ether oxygens (including phenoxy) is 1. The molecule has 6 aromatic carbocycles. The maximum absolute atomic E-state index is 7.05. The zero-order valence-electron chi connectivity index (χ0n) is 27.9. The molecule has 2 atom stereocenters. The summed E-state index contributed by atoms with van der Waals surface area (Å²) in [6, 6.07) is 47.4. The Bertz CT molecular complexity index is 1950. The first-order valence-corrected chi connectivity index (χ1v) is 18.6. The van der Waals surface area contributed by atoms with E-state index in [9.17, 15) is 0 Å². The lowest BCUT2D eigenvalue weighted by Crippen LogP contribution is -2.30. The van der Waals surface area contributed by atoms with E-state index in [-0.39, 0.29) is 0 Å². The number of para-hydroxylation sites is 4. The molecule has 5 nitrogen and oxygen atoms in total. The molecule has 0 saturated carbocycles. The quantitative estimate of drug-likeness (QED) is 0.119. The van der Waals surface area contributed by atoms with Crippen LogP contribution in [0.25, 0.3) is 12.2 Å². The van der Waals surface area contributed by atoms with Crippen LogP contribution in [0.3, 0.4) is 0 Å². The lowest BCUT2D eigenvalue weighted by atomic mass is 9.76. The Morgan fingerprint density at radius 2 is 0.820 bits per heavy atom. The Morgan fingerprint density at radius 3 is 1.18 bits per heavy atom. The van der Waals surface area contributed by atoms with Crippen molar-refractivity contribution in [2.24, 2.45) is 0 Å². The first-order chi connectivity index (χ1) is 24.4. The van der Waals surface area contributed by atoms with Crippen molar-refractivity contribution in [3.05, 3.63) is 181 Å². The van der Waals surface area contributed by atoms with Crippen LogP contribution in [0, 0.1) is 0 Å². The van der Waals surface area contributed by atoms with Crippen LogP contribution in [0.1, 0.15) is 36.1 Å². The monoisotopic (exact) mass is 694 g/mol. The maximum atomic E-state index is 7.05. The molecule has 0 N–H and O–H groups in total. The van der Waals surface area contributed by atoms with Gasteiger partial charge < -0.3 is 22.8 Å². The van der Waals surface area contributed by atoms with Crippen molar-refractivity contribution < 1.29 is 22.8 Å². The Labute approximate surface area is 296 Å². The molecule has 1 aliphatic rings. The van der Waals surface area contributed by atoms with E-state index >= 15 is 0 Å². The van der Waals surface area contributed by atoms with Crippen LogP contribution in [0.2, 0.25) is 0 Å². The van der Waals surface area contributed by atoms with Gasteiger partial charge in [0.05, 0.1) is 10.6 Å². The predicted molar refractivity (Wildman–Crippen MR) is 207 cm³/mol. The summed E-state index contributed by atoms with van der Waals surface area (Å²) in [4.78, 5) is 0. The number of rotatable bonds is 12. The van der Waals surface area contributed by atoms with Gasteiger partial charge in [0.1, 0.15) is 34.5 Å². The SMILES string of the molecule is C=Cc1ccc(OP(Oc2ccccc2)c2cccc3c2Oc2c(P(Oc4ccccc4)Oc4ccc(C=C)cc4)cccc2C3(C)C)cc1. The minimum atomic E-state index is -1.69. The summed E-state index contributed by atoms with van der Waals surface area (Å²) in [6.07, 6.45) is 3.61. The van der Waals surface area contributed by atoms with Crippen LogP contribution in [0.4, 0.5) is 0 Å². The molecule has 248 valence electrons. The molecule has 0 aliphatic carbocycles. The van der Waals surface area contributed by atoms with Gasteiger partial charge in [-0.25, -0.2) is 0 Å². The molecule has 0 saturated heterocycles. The standard InChI is InChI=1S/C43H36O5P2/c1-5-31-23-27-35(28-24-31)47-49(45-33-15-9-7-10-16-33)39-21-13-19-37-41(39)44-42-38(43(37,3)4)20-14-22-40(42)50(46-34-17-11-8-12-18-34)48-36-29-25-32(6-2)26-30-36/h5-30H,1-2H2,3-4H3.